The quantitative estimate of drug-likeness (QED) is 0.340. The second-order valence-electron chi connectivity index (χ2n) is 6.07. The number of rotatable bonds is 6. The van der Waals surface area contributed by atoms with Crippen molar-refractivity contribution in [2.24, 2.45) is 0 Å². The van der Waals surface area contributed by atoms with Crippen molar-refractivity contribution in [3.8, 4) is 0 Å². The monoisotopic (exact) mass is 322 g/mol. The molecule has 0 heterocycles. The van der Waals surface area contributed by atoms with Crippen molar-refractivity contribution in [3.05, 3.63) is 11.5 Å². The van der Waals surface area contributed by atoms with Crippen LogP contribution in [0.25, 0.3) is 0 Å². The molecule has 0 fully saturated rings. The van der Waals surface area contributed by atoms with Crippen molar-refractivity contribution in [1.82, 2.24) is 0 Å². The zero-order chi connectivity index (χ0) is 16.4. The maximum absolute atomic E-state index is 11.6. The van der Waals surface area contributed by atoms with Gasteiger partial charge in [0.05, 0.1) is 4.91 Å². The van der Waals surface area contributed by atoms with Crippen molar-refractivity contribution in [3.63, 3.8) is 0 Å². The lowest BCUT2D eigenvalue weighted by atomic mass is 9.82. The highest BCUT2D eigenvalue weighted by atomic mass is 32.1. The highest BCUT2D eigenvalue weighted by Crippen LogP contribution is 2.42. The van der Waals surface area contributed by atoms with Gasteiger partial charge in [0.1, 0.15) is 11.2 Å². The molecule has 5 nitrogen and oxygen atoms in total. The Morgan fingerprint density at radius 1 is 1.20 bits per heavy atom. The Hall–Kier alpha value is -0.740. The van der Waals surface area contributed by atoms with E-state index in [0.29, 0.717) is 6.42 Å². The maximum Gasteiger partial charge on any atom is 0.506 e. The van der Waals surface area contributed by atoms with Crippen LogP contribution in [0.2, 0.25) is 0 Å². The molecule has 0 aromatic heterocycles. The first-order valence-corrected chi connectivity index (χ1v) is 7.05. The van der Waals surface area contributed by atoms with E-state index >= 15 is 0 Å². The van der Waals surface area contributed by atoms with Crippen LogP contribution in [-0.2, 0) is 14.3 Å². The molecule has 0 aliphatic heterocycles. The lowest BCUT2D eigenvalue weighted by Crippen LogP contribution is -2.50. The number of carboxylic acid groups (broad SMARTS) is 1. The minimum Gasteiger partial charge on any atom is -0.455 e. The molecule has 0 aromatic carbocycles. The molecular formula is C13H23O5PS. The predicted octanol–water partition coefficient (Wildman–Crippen LogP) is 3.25. The molecule has 0 aliphatic carbocycles. The average Bonchev–Trinajstić information content (AvgIpc) is 2.11. The van der Waals surface area contributed by atoms with Gasteiger partial charge < -0.3 is 14.6 Å². The van der Waals surface area contributed by atoms with Crippen molar-refractivity contribution >= 4 is 34.0 Å². The van der Waals surface area contributed by atoms with Crippen LogP contribution in [0.5, 0.6) is 0 Å². The summed E-state index contributed by atoms with van der Waals surface area (Å²) in [6.07, 6.45) is -0.995. The number of hydrogen-bond acceptors (Lipinski definition) is 5. The summed E-state index contributed by atoms with van der Waals surface area (Å²) in [6.45, 7) is 12.1. The Morgan fingerprint density at radius 3 is 2.00 bits per heavy atom. The number of carbonyl (C=O) groups excluding carboxylic acids is 1. The van der Waals surface area contributed by atoms with E-state index in [4.69, 9.17) is 14.6 Å². The normalized spacial score (nSPS) is 15.2. The zero-order valence-corrected chi connectivity index (χ0v) is 14.6. The van der Waals surface area contributed by atoms with Crippen molar-refractivity contribution in [1.29, 1.82) is 0 Å². The lowest BCUT2D eigenvalue weighted by Gasteiger charge is -2.44. The first-order valence-electron chi connectivity index (χ1n) is 6.02. The van der Waals surface area contributed by atoms with Crippen LogP contribution in [0.3, 0.4) is 0 Å². The molecule has 0 spiro atoms. The fourth-order valence-electron chi connectivity index (χ4n) is 1.78. The van der Waals surface area contributed by atoms with E-state index in [1.54, 1.807) is 27.7 Å². The van der Waals surface area contributed by atoms with Gasteiger partial charge in [-0.25, -0.2) is 9.59 Å². The summed E-state index contributed by atoms with van der Waals surface area (Å²) in [5.41, 5.74) is -1.79. The van der Waals surface area contributed by atoms with E-state index < -0.39 is 28.5 Å². The molecule has 0 amide bonds. The molecule has 0 saturated heterocycles. The fraction of sp³-hybridized carbons (Fsp3) is 0.692. The fourth-order valence-corrected chi connectivity index (χ4v) is 2.37. The van der Waals surface area contributed by atoms with Crippen molar-refractivity contribution in [2.45, 2.75) is 57.4 Å². The number of thiol groups is 1. The second-order valence-corrected chi connectivity index (χ2v) is 7.88. The molecule has 20 heavy (non-hydrogen) atoms. The minimum absolute atomic E-state index is 0.0138. The van der Waals surface area contributed by atoms with Gasteiger partial charge in [0.25, 0.3) is 0 Å². The molecule has 0 radical (unpaired) electrons. The molecule has 2 unspecified atom stereocenters. The van der Waals surface area contributed by atoms with Crippen LogP contribution >= 0.6 is 21.9 Å². The average molecular weight is 322 g/mol. The van der Waals surface area contributed by atoms with Gasteiger partial charge in [-0.05, 0) is 34.1 Å². The third-order valence-corrected chi connectivity index (χ3v) is 4.20. The summed E-state index contributed by atoms with van der Waals surface area (Å²) < 4.78 is 10.2. The largest absolute Gasteiger partial charge is 0.506 e. The maximum atomic E-state index is 11.6. The Labute approximate surface area is 127 Å². The summed E-state index contributed by atoms with van der Waals surface area (Å²) in [4.78, 5) is 22.3. The van der Waals surface area contributed by atoms with Crippen LogP contribution in [0.1, 0.15) is 41.0 Å². The molecule has 0 saturated carbocycles. The Kier molecular flexibility index (Phi) is 6.12. The van der Waals surface area contributed by atoms with Crippen LogP contribution in [0.15, 0.2) is 11.5 Å². The van der Waals surface area contributed by atoms with Crippen LogP contribution in [0.4, 0.5) is 4.79 Å². The Bertz CT molecular complexity index is 415. The third kappa shape index (κ3) is 5.71. The summed E-state index contributed by atoms with van der Waals surface area (Å²) in [5.74, 6) is -0.607. The standard InChI is InChI=1S/C13H23O5PS/c1-8(20)9(14)17-12(4,5)13(6,19)7-11(2,3)18-10(15)16/h20H,1,7,19H2,2-6H3,(H,15,16). The lowest BCUT2D eigenvalue weighted by molar-refractivity contribution is -0.155. The van der Waals surface area contributed by atoms with Crippen molar-refractivity contribution < 1.29 is 24.2 Å². The SMILES string of the molecule is C=C(S)C(=O)OC(C)(C)C(C)(P)CC(C)(C)OC(=O)O. The molecule has 0 aromatic rings. The van der Waals surface area contributed by atoms with Gasteiger partial charge in [-0.1, -0.05) is 13.5 Å². The number of esters is 1. The Balaban J connectivity index is 5.05. The van der Waals surface area contributed by atoms with Gasteiger partial charge in [-0.3, -0.25) is 0 Å². The molecule has 7 heteroatoms. The summed E-state index contributed by atoms with van der Waals surface area (Å²) in [7, 11) is 2.60. The number of hydrogen-bond donors (Lipinski definition) is 2. The first-order chi connectivity index (χ1) is 8.70. The summed E-state index contributed by atoms with van der Waals surface area (Å²) in [5, 5.41) is 8.12. The van der Waals surface area contributed by atoms with Gasteiger partial charge >= 0.3 is 12.1 Å². The van der Waals surface area contributed by atoms with Gasteiger partial charge in [-0.15, -0.1) is 21.9 Å². The number of ether oxygens (including phenoxy) is 2. The molecule has 116 valence electrons. The van der Waals surface area contributed by atoms with Gasteiger partial charge in [0.2, 0.25) is 0 Å². The highest BCUT2D eigenvalue weighted by Gasteiger charge is 2.45. The van der Waals surface area contributed by atoms with Crippen molar-refractivity contribution in [2.75, 3.05) is 0 Å². The molecular weight excluding hydrogens is 299 g/mol. The molecule has 0 aliphatic rings. The molecule has 2 atom stereocenters. The van der Waals surface area contributed by atoms with Crippen LogP contribution in [-0.4, -0.2) is 33.6 Å². The zero-order valence-electron chi connectivity index (χ0n) is 12.5. The molecule has 0 bridgehead atoms. The molecule has 0 rings (SSSR count). The van der Waals surface area contributed by atoms with Gasteiger partial charge in [0.15, 0.2) is 0 Å². The summed E-state index contributed by atoms with van der Waals surface area (Å²) >= 11 is 3.85. The van der Waals surface area contributed by atoms with E-state index in [1.165, 1.54) is 0 Å². The van der Waals surface area contributed by atoms with Crippen LogP contribution in [0, 0.1) is 0 Å². The van der Waals surface area contributed by atoms with Crippen LogP contribution < -0.4 is 0 Å². The second kappa shape index (κ2) is 6.35. The van der Waals surface area contributed by atoms with Gasteiger partial charge in [0, 0.05) is 5.16 Å². The molecule has 1 N–H and O–H groups in total. The van der Waals surface area contributed by atoms with E-state index in [1.807, 2.05) is 6.92 Å². The third-order valence-electron chi connectivity index (χ3n) is 3.12. The highest BCUT2D eigenvalue weighted by molar-refractivity contribution is 7.85. The topological polar surface area (TPSA) is 72.8 Å². The smallest absolute Gasteiger partial charge is 0.455 e. The van der Waals surface area contributed by atoms with E-state index in [0.717, 1.165) is 0 Å². The Morgan fingerprint density at radius 2 is 1.65 bits per heavy atom. The summed E-state index contributed by atoms with van der Waals surface area (Å²) in [6, 6.07) is 0. The van der Waals surface area contributed by atoms with E-state index in [2.05, 4.69) is 28.4 Å². The van der Waals surface area contributed by atoms with E-state index in [-0.39, 0.29) is 4.91 Å². The minimum atomic E-state index is -1.34. The van der Waals surface area contributed by atoms with Gasteiger partial charge in [-0.2, -0.15) is 0 Å². The predicted molar refractivity (Wildman–Crippen MR) is 84.2 cm³/mol. The number of carbonyl (C=O) groups is 2. The first kappa shape index (κ1) is 19.3. The van der Waals surface area contributed by atoms with E-state index in [9.17, 15) is 9.59 Å².